The lowest BCUT2D eigenvalue weighted by molar-refractivity contribution is -0.385. The maximum atomic E-state index is 12.7. The summed E-state index contributed by atoms with van der Waals surface area (Å²) in [6.45, 7) is 2.05. The molecule has 0 spiro atoms. The predicted octanol–water partition coefficient (Wildman–Crippen LogP) is 3.77. The van der Waals surface area contributed by atoms with Crippen LogP contribution in [0.5, 0.6) is 11.5 Å². The van der Waals surface area contributed by atoms with Crippen LogP contribution in [0.25, 0.3) is 0 Å². The van der Waals surface area contributed by atoms with Gasteiger partial charge in [-0.05, 0) is 24.6 Å². The third-order valence-electron chi connectivity index (χ3n) is 5.00. The van der Waals surface area contributed by atoms with Crippen LogP contribution in [0.4, 0.5) is 5.69 Å². The van der Waals surface area contributed by atoms with Crippen LogP contribution in [-0.2, 0) is 11.3 Å². The van der Waals surface area contributed by atoms with Crippen LogP contribution in [0, 0.1) is 16.0 Å². The molecular formula is C21H23N3O5. The molecule has 0 saturated heterocycles. The number of amides is 1. The number of nitrogens with zero attached hydrogens (tertiary/aromatic N) is 3. The van der Waals surface area contributed by atoms with E-state index in [9.17, 15) is 14.9 Å². The first-order valence-corrected chi connectivity index (χ1v) is 9.32. The van der Waals surface area contributed by atoms with Crippen molar-refractivity contribution in [2.45, 2.75) is 26.3 Å². The molecule has 1 unspecified atom stereocenters. The van der Waals surface area contributed by atoms with E-state index in [2.05, 4.69) is 5.10 Å². The smallest absolute Gasteiger partial charge is 0.274 e. The molecule has 1 aliphatic rings. The Bertz CT molecular complexity index is 957. The van der Waals surface area contributed by atoms with E-state index in [1.165, 1.54) is 11.1 Å². The number of methoxy groups -OCH3 is 2. The average Bonchev–Trinajstić information content (AvgIpc) is 2.74. The monoisotopic (exact) mass is 397 g/mol. The maximum absolute atomic E-state index is 12.7. The van der Waals surface area contributed by atoms with E-state index >= 15 is 0 Å². The second-order valence-corrected chi connectivity index (χ2v) is 6.70. The number of benzene rings is 2. The summed E-state index contributed by atoms with van der Waals surface area (Å²) in [4.78, 5) is 23.5. The van der Waals surface area contributed by atoms with Crippen molar-refractivity contribution in [3.05, 3.63) is 63.7 Å². The zero-order chi connectivity index (χ0) is 21.0. The minimum Gasteiger partial charge on any atom is -0.493 e. The number of para-hydroxylation sites is 1. The standard InChI is InChI=1S/C21H23N3O5/c1-4-14-12-20(25)23(13-16-7-5-6-8-17(16)24(26)27)22-21(14)15-9-10-18(28-2)19(11-15)29-3/h5-11,14H,4,12-13H2,1-3H3. The topological polar surface area (TPSA) is 94.3 Å². The van der Waals surface area contributed by atoms with Crippen LogP contribution in [-0.4, -0.2) is 35.8 Å². The largest absolute Gasteiger partial charge is 0.493 e. The summed E-state index contributed by atoms with van der Waals surface area (Å²) >= 11 is 0. The Hall–Kier alpha value is -3.42. The number of carbonyl (C=O) groups is 1. The maximum Gasteiger partial charge on any atom is 0.274 e. The van der Waals surface area contributed by atoms with E-state index in [0.29, 0.717) is 23.5 Å². The molecule has 8 heteroatoms. The van der Waals surface area contributed by atoms with Crippen molar-refractivity contribution in [2.24, 2.45) is 11.0 Å². The van der Waals surface area contributed by atoms with Crippen molar-refractivity contribution in [3.8, 4) is 11.5 Å². The van der Waals surface area contributed by atoms with Crippen LogP contribution in [0.3, 0.4) is 0 Å². The summed E-state index contributed by atoms with van der Waals surface area (Å²) in [6.07, 6.45) is 1.04. The van der Waals surface area contributed by atoms with E-state index in [1.54, 1.807) is 38.5 Å². The van der Waals surface area contributed by atoms with Crippen molar-refractivity contribution in [2.75, 3.05) is 14.2 Å². The number of nitro benzene ring substituents is 1. The van der Waals surface area contributed by atoms with E-state index in [1.807, 2.05) is 19.1 Å². The molecular weight excluding hydrogens is 374 g/mol. The average molecular weight is 397 g/mol. The molecule has 1 atom stereocenters. The lowest BCUT2D eigenvalue weighted by atomic mass is 9.89. The fourth-order valence-corrected chi connectivity index (χ4v) is 3.41. The molecule has 2 aromatic carbocycles. The van der Waals surface area contributed by atoms with Gasteiger partial charge in [0.1, 0.15) is 0 Å². The summed E-state index contributed by atoms with van der Waals surface area (Å²) < 4.78 is 10.7. The normalized spacial score (nSPS) is 16.4. The Morgan fingerprint density at radius 1 is 1.17 bits per heavy atom. The second-order valence-electron chi connectivity index (χ2n) is 6.70. The van der Waals surface area contributed by atoms with Gasteiger partial charge in [0.25, 0.3) is 5.69 Å². The summed E-state index contributed by atoms with van der Waals surface area (Å²) in [6, 6.07) is 11.9. The SMILES string of the molecule is CCC1CC(=O)N(Cc2ccccc2[N+](=O)[O-])N=C1c1ccc(OC)c(OC)c1. The minimum atomic E-state index is -0.447. The van der Waals surface area contributed by atoms with Crippen LogP contribution >= 0.6 is 0 Å². The van der Waals surface area contributed by atoms with E-state index in [4.69, 9.17) is 9.47 Å². The molecule has 29 heavy (non-hydrogen) atoms. The van der Waals surface area contributed by atoms with Gasteiger partial charge in [-0.25, -0.2) is 5.01 Å². The molecule has 0 radical (unpaired) electrons. The number of ether oxygens (including phenoxy) is 2. The number of rotatable bonds is 7. The summed E-state index contributed by atoms with van der Waals surface area (Å²) in [7, 11) is 3.13. The minimum absolute atomic E-state index is 0.0271. The molecule has 0 bridgehead atoms. The van der Waals surface area contributed by atoms with Crippen molar-refractivity contribution in [1.82, 2.24) is 5.01 Å². The van der Waals surface area contributed by atoms with Crippen molar-refractivity contribution in [3.63, 3.8) is 0 Å². The number of nitro groups is 1. The molecule has 1 heterocycles. The fourth-order valence-electron chi connectivity index (χ4n) is 3.41. The zero-order valence-corrected chi connectivity index (χ0v) is 16.6. The molecule has 152 valence electrons. The van der Waals surface area contributed by atoms with Gasteiger partial charge in [-0.15, -0.1) is 0 Å². The molecule has 0 fully saturated rings. The summed E-state index contributed by atoms with van der Waals surface area (Å²) in [5, 5.41) is 17.2. The third-order valence-corrected chi connectivity index (χ3v) is 5.00. The molecule has 0 aliphatic carbocycles. The van der Waals surface area contributed by atoms with Gasteiger partial charge in [0, 0.05) is 24.0 Å². The van der Waals surface area contributed by atoms with Gasteiger partial charge < -0.3 is 9.47 Å². The second kappa shape index (κ2) is 8.72. The highest BCUT2D eigenvalue weighted by molar-refractivity contribution is 6.06. The first-order chi connectivity index (χ1) is 14.0. The molecule has 2 aromatic rings. The molecule has 0 aromatic heterocycles. The lowest BCUT2D eigenvalue weighted by Gasteiger charge is -2.29. The van der Waals surface area contributed by atoms with Gasteiger partial charge in [-0.3, -0.25) is 14.9 Å². The van der Waals surface area contributed by atoms with Crippen LogP contribution in [0.2, 0.25) is 0 Å². The first kappa shape index (κ1) is 20.3. The van der Waals surface area contributed by atoms with Crippen molar-refractivity contribution >= 4 is 17.3 Å². The third kappa shape index (κ3) is 4.21. The molecule has 3 rings (SSSR count). The highest BCUT2D eigenvalue weighted by Crippen LogP contribution is 2.32. The van der Waals surface area contributed by atoms with Gasteiger partial charge in [0.05, 0.1) is 37.0 Å². The number of carbonyl (C=O) groups excluding carboxylic acids is 1. The molecule has 8 nitrogen and oxygen atoms in total. The van der Waals surface area contributed by atoms with E-state index < -0.39 is 4.92 Å². The molecule has 0 N–H and O–H groups in total. The van der Waals surface area contributed by atoms with Crippen molar-refractivity contribution in [1.29, 1.82) is 0 Å². The van der Waals surface area contributed by atoms with Gasteiger partial charge in [-0.2, -0.15) is 5.10 Å². The predicted molar refractivity (Wildman–Crippen MR) is 108 cm³/mol. The van der Waals surface area contributed by atoms with Crippen LogP contribution in [0.15, 0.2) is 47.6 Å². The fraction of sp³-hybridized carbons (Fsp3) is 0.333. The zero-order valence-electron chi connectivity index (χ0n) is 16.6. The van der Waals surface area contributed by atoms with E-state index in [0.717, 1.165) is 17.7 Å². The lowest BCUT2D eigenvalue weighted by Crippen LogP contribution is -2.36. The Labute approximate surface area is 168 Å². The van der Waals surface area contributed by atoms with Crippen LogP contribution < -0.4 is 9.47 Å². The van der Waals surface area contributed by atoms with Gasteiger partial charge in [-0.1, -0.05) is 25.1 Å². The number of hydrogen-bond acceptors (Lipinski definition) is 6. The Balaban J connectivity index is 2.00. The first-order valence-electron chi connectivity index (χ1n) is 9.32. The molecule has 1 aliphatic heterocycles. The highest BCUT2D eigenvalue weighted by Gasteiger charge is 2.30. The quantitative estimate of drug-likeness (QED) is 0.523. The molecule has 1 amide bonds. The Morgan fingerprint density at radius 3 is 2.55 bits per heavy atom. The summed E-state index contributed by atoms with van der Waals surface area (Å²) in [5.41, 5.74) is 2.00. The van der Waals surface area contributed by atoms with E-state index in [-0.39, 0.29) is 24.1 Å². The van der Waals surface area contributed by atoms with Gasteiger partial charge >= 0.3 is 0 Å². The summed E-state index contributed by atoms with van der Waals surface area (Å²) in [5.74, 6) is 0.986. The van der Waals surface area contributed by atoms with Crippen LogP contribution in [0.1, 0.15) is 30.9 Å². The Kier molecular flexibility index (Phi) is 6.11. The highest BCUT2D eigenvalue weighted by atomic mass is 16.6. The Morgan fingerprint density at radius 2 is 1.90 bits per heavy atom. The number of hydrazone groups is 1. The van der Waals surface area contributed by atoms with Gasteiger partial charge in [0.15, 0.2) is 11.5 Å². The van der Waals surface area contributed by atoms with Gasteiger partial charge in [0.2, 0.25) is 5.91 Å². The van der Waals surface area contributed by atoms with Crippen molar-refractivity contribution < 1.29 is 19.2 Å². The molecule has 0 saturated carbocycles. The number of hydrogen-bond donors (Lipinski definition) is 0.